The van der Waals surface area contributed by atoms with Crippen molar-refractivity contribution in [2.75, 3.05) is 6.26 Å². The van der Waals surface area contributed by atoms with Crippen molar-refractivity contribution in [3.63, 3.8) is 0 Å². The van der Waals surface area contributed by atoms with Gasteiger partial charge in [0.1, 0.15) is 0 Å². The van der Waals surface area contributed by atoms with Crippen molar-refractivity contribution in [3.8, 4) is 0 Å². The van der Waals surface area contributed by atoms with Gasteiger partial charge in [0.2, 0.25) is 5.16 Å². The highest BCUT2D eigenvalue weighted by Gasteiger charge is 2.08. The number of nitro benzene ring substituents is 1. The molecule has 0 aliphatic heterocycles. The van der Waals surface area contributed by atoms with Crippen molar-refractivity contribution in [1.82, 2.24) is 14.9 Å². The maximum absolute atomic E-state index is 10.7. The quantitative estimate of drug-likeness (QED) is 0.365. The van der Waals surface area contributed by atoms with E-state index >= 15 is 0 Å². The smallest absolute Gasteiger partial charge is 0.258 e. The predicted molar refractivity (Wildman–Crippen MR) is 77.3 cm³/mol. The Hall–Kier alpha value is -2.22. The molecule has 0 fully saturated rings. The number of nitro groups is 1. The van der Waals surface area contributed by atoms with Crippen LogP contribution < -0.4 is 0 Å². The highest BCUT2D eigenvalue weighted by Crippen LogP contribution is 2.15. The Morgan fingerprint density at radius 1 is 1.50 bits per heavy atom. The van der Waals surface area contributed by atoms with E-state index in [1.807, 2.05) is 13.2 Å². The summed E-state index contributed by atoms with van der Waals surface area (Å²) in [5.74, 6) is 0.746. The fourth-order valence-electron chi connectivity index (χ4n) is 1.60. The fourth-order valence-corrected chi connectivity index (χ4v) is 2.05. The predicted octanol–water partition coefficient (Wildman–Crippen LogP) is 2.35. The van der Waals surface area contributed by atoms with E-state index in [1.165, 1.54) is 23.9 Å². The van der Waals surface area contributed by atoms with Crippen LogP contribution in [0.4, 0.5) is 5.69 Å². The van der Waals surface area contributed by atoms with Crippen molar-refractivity contribution < 1.29 is 4.92 Å². The van der Waals surface area contributed by atoms with Crippen LogP contribution in [0.25, 0.3) is 0 Å². The number of aromatic nitrogens is 3. The van der Waals surface area contributed by atoms with Crippen molar-refractivity contribution in [1.29, 1.82) is 0 Å². The molecule has 0 aliphatic carbocycles. The molecule has 0 saturated heterocycles. The maximum atomic E-state index is 10.7. The van der Waals surface area contributed by atoms with Crippen LogP contribution in [0.3, 0.4) is 0 Å². The number of aryl methyl sites for hydroxylation is 1. The molecule has 0 bridgehead atoms. The average Bonchev–Trinajstić information content (AvgIpc) is 2.87. The van der Waals surface area contributed by atoms with E-state index in [4.69, 9.17) is 0 Å². The van der Waals surface area contributed by atoms with Gasteiger partial charge in [0.25, 0.3) is 5.69 Å². The Bertz CT molecular complexity index is 632. The molecule has 7 nitrogen and oxygen atoms in total. The van der Waals surface area contributed by atoms with E-state index in [1.54, 1.807) is 23.0 Å². The molecule has 2 rings (SSSR count). The standard InChI is InChI=1S/C12H13N5O2S/c1-3-11-14-15-12(20-2)16(11)13-8-9-5-4-6-10(7-9)17(18)19/h4-8H,3H2,1-2H3/b13-8-. The minimum Gasteiger partial charge on any atom is -0.258 e. The first-order chi connectivity index (χ1) is 9.65. The lowest BCUT2D eigenvalue weighted by Crippen LogP contribution is -1.99. The lowest BCUT2D eigenvalue weighted by atomic mass is 10.2. The number of hydrogen-bond acceptors (Lipinski definition) is 6. The normalized spacial score (nSPS) is 11.1. The summed E-state index contributed by atoms with van der Waals surface area (Å²) in [4.78, 5) is 10.3. The van der Waals surface area contributed by atoms with Gasteiger partial charge >= 0.3 is 0 Å². The summed E-state index contributed by atoms with van der Waals surface area (Å²) in [6, 6.07) is 6.30. The summed E-state index contributed by atoms with van der Waals surface area (Å²) in [5.41, 5.74) is 0.695. The largest absolute Gasteiger partial charge is 0.270 e. The molecule has 104 valence electrons. The van der Waals surface area contributed by atoms with E-state index < -0.39 is 4.92 Å². The first kappa shape index (κ1) is 14.2. The summed E-state index contributed by atoms with van der Waals surface area (Å²) in [5, 5.41) is 23.8. The van der Waals surface area contributed by atoms with Gasteiger partial charge in [-0.25, -0.2) is 0 Å². The molecule has 0 unspecified atom stereocenters. The second-order valence-corrected chi connectivity index (χ2v) is 4.64. The van der Waals surface area contributed by atoms with Crippen LogP contribution in [0.5, 0.6) is 0 Å². The molecule has 0 radical (unpaired) electrons. The summed E-state index contributed by atoms with van der Waals surface area (Å²) in [7, 11) is 0. The van der Waals surface area contributed by atoms with Gasteiger partial charge in [-0.3, -0.25) is 10.1 Å². The second kappa shape index (κ2) is 6.29. The van der Waals surface area contributed by atoms with Crippen molar-refractivity contribution in [3.05, 3.63) is 45.8 Å². The van der Waals surface area contributed by atoms with Crippen molar-refractivity contribution in [2.24, 2.45) is 5.10 Å². The zero-order valence-electron chi connectivity index (χ0n) is 11.1. The number of non-ortho nitro benzene ring substituents is 1. The van der Waals surface area contributed by atoms with E-state index in [2.05, 4.69) is 15.3 Å². The third-order valence-corrected chi connectivity index (χ3v) is 3.20. The minimum atomic E-state index is -0.430. The second-order valence-electron chi connectivity index (χ2n) is 3.86. The van der Waals surface area contributed by atoms with Crippen LogP contribution in [0, 0.1) is 10.1 Å². The molecule has 0 N–H and O–H groups in total. The number of thioether (sulfide) groups is 1. The molecule has 2 aromatic rings. The molecule has 1 aromatic carbocycles. The summed E-state index contributed by atoms with van der Waals surface area (Å²) >= 11 is 1.44. The Kier molecular flexibility index (Phi) is 4.46. The van der Waals surface area contributed by atoms with Crippen LogP contribution in [0.15, 0.2) is 34.5 Å². The molecule has 0 amide bonds. The Balaban J connectivity index is 2.31. The Labute approximate surface area is 119 Å². The molecule has 1 heterocycles. The van der Waals surface area contributed by atoms with Crippen LogP contribution in [-0.2, 0) is 6.42 Å². The molecule has 0 spiro atoms. The van der Waals surface area contributed by atoms with Gasteiger partial charge in [-0.15, -0.1) is 10.2 Å². The van der Waals surface area contributed by atoms with Crippen LogP contribution >= 0.6 is 11.8 Å². The fraction of sp³-hybridized carbons (Fsp3) is 0.250. The highest BCUT2D eigenvalue weighted by molar-refractivity contribution is 7.98. The Morgan fingerprint density at radius 2 is 2.30 bits per heavy atom. The number of rotatable bonds is 5. The zero-order chi connectivity index (χ0) is 14.5. The third-order valence-electron chi connectivity index (χ3n) is 2.58. The molecule has 8 heteroatoms. The first-order valence-corrected chi connectivity index (χ1v) is 7.15. The molecular formula is C12H13N5O2S. The van der Waals surface area contributed by atoms with Crippen LogP contribution in [0.1, 0.15) is 18.3 Å². The molecule has 0 aliphatic rings. The van der Waals surface area contributed by atoms with E-state index in [-0.39, 0.29) is 5.69 Å². The number of benzene rings is 1. The first-order valence-electron chi connectivity index (χ1n) is 5.92. The third kappa shape index (κ3) is 3.02. The van der Waals surface area contributed by atoms with E-state index in [9.17, 15) is 10.1 Å². The summed E-state index contributed by atoms with van der Waals surface area (Å²) in [6.07, 6.45) is 4.16. The maximum Gasteiger partial charge on any atom is 0.270 e. The lowest BCUT2D eigenvalue weighted by molar-refractivity contribution is -0.384. The van der Waals surface area contributed by atoms with E-state index in [0.717, 1.165) is 5.82 Å². The SMILES string of the molecule is CCc1nnc(SC)n1/N=C\c1cccc([N+](=O)[O-])c1. The molecule has 0 atom stereocenters. The molecule has 1 aromatic heterocycles. The van der Waals surface area contributed by atoms with Crippen LogP contribution in [0.2, 0.25) is 0 Å². The monoisotopic (exact) mass is 291 g/mol. The molecular weight excluding hydrogens is 278 g/mol. The van der Waals surface area contributed by atoms with Gasteiger partial charge in [-0.05, 0) is 6.26 Å². The highest BCUT2D eigenvalue weighted by atomic mass is 32.2. The van der Waals surface area contributed by atoms with Gasteiger partial charge in [0.15, 0.2) is 5.82 Å². The number of hydrogen-bond donors (Lipinski definition) is 0. The lowest BCUT2D eigenvalue weighted by Gasteiger charge is -2.00. The molecule has 20 heavy (non-hydrogen) atoms. The summed E-state index contributed by atoms with van der Waals surface area (Å²) in [6.45, 7) is 1.97. The van der Waals surface area contributed by atoms with Crippen molar-refractivity contribution >= 4 is 23.7 Å². The topological polar surface area (TPSA) is 86.2 Å². The van der Waals surface area contributed by atoms with Gasteiger partial charge in [-0.1, -0.05) is 30.8 Å². The minimum absolute atomic E-state index is 0.0403. The van der Waals surface area contributed by atoms with Crippen LogP contribution in [-0.4, -0.2) is 32.3 Å². The Morgan fingerprint density at radius 3 is 2.95 bits per heavy atom. The van der Waals surface area contributed by atoms with Crippen molar-refractivity contribution in [2.45, 2.75) is 18.5 Å². The van der Waals surface area contributed by atoms with Gasteiger partial charge in [-0.2, -0.15) is 9.78 Å². The zero-order valence-corrected chi connectivity index (χ0v) is 11.9. The molecule has 0 saturated carbocycles. The summed E-state index contributed by atoms with van der Waals surface area (Å²) < 4.78 is 1.64. The average molecular weight is 291 g/mol. The van der Waals surface area contributed by atoms with Gasteiger partial charge in [0.05, 0.1) is 11.1 Å². The van der Waals surface area contributed by atoms with Gasteiger partial charge in [0, 0.05) is 24.1 Å². The van der Waals surface area contributed by atoms with Gasteiger partial charge < -0.3 is 0 Å². The van der Waals surface area contributed by atoms with E-state index in [0.29, 0.717) is 17.1 Å². The number of nitrogens with zero attached hydrogens (tertiary/aromatic N) is 5.